The molecule has 2 heterocycles. The molecule has 1 aromatic rings. The first kappa shape index (κ1) is 18.5. The zero-order valence-corrected chi connectivity index (χ0v) is 13.8. The highest BCUT2D eigenvalue weighted by atomic mass is 19.4. The highest BCUT2D eigenvalue weighted by Gasteiger charge is 2.42. The lowest BCUT2D eigenvalue weighted by Gasteiger charge is -2.36. The first-order valence-corrected chi connectivity index (χ1v) is 7.76. The summed E-state index contributed by atoms with van der Waals surface area (Å²) < 4.78 is 79.4. The van der Waals surface area contributed by atoms with Gasteiger partial charge >= 0.3 is 12.4 Å². The Labute approximate surface area is 144 Å². The van der Waals surface area contributed by atoms with E-state index in [-0.39, 0.29) is 28.6 Å². The van der Waals surface area contributed by atoms with Crippen LogP contribution in [0.3, 0.4) is 0 Å². The van der Waals surface area contributed by atoms with E-state index in [1.54, 1.807) is 0 Å². The van der Waals surface area contributed by atoms with Gasteiger partial charge in [-0.2, -0.15) is 26.3 Å². The number of carbonyl (C=O) groups is 1. The molecule has 0 spiro atoms. The minimum atomic E-state index is -4.75. The topological polar surface area (TPSA) is 32.7 Å². The van der Waals surface area contributed by atoms with E-state index in [9.17, 15) is 31.1 Å². The number of rotatable bonds is 1. The minimum absolute atomic E-state index is 0.100. The maximum absolute atomic E-state index is 13.6. The second-order valence-corrected chi connectivity index (χ2v) is 6.27. The molecule has 0 saturated heterocycles. The molecule has 140 valence electrons. The van der Waals surface area contributed by atoms with Gasteiger partial charge in [0.1, 0.15) is 0 Å². The lowest BCUT2D eigenvalue weighted by Crippen LogP contribution is -2.49. The summed E-state index contributed by atoms with van der Waals surface area (Å²) in [4.78, 5) is 16.7. The SMILES string of the molecule is CC(=O)N1c2c(C)c(C(F)(F)F)c3c(c2=CCC1CC(F)(F)F)=CC=N3. The predicted molar refractivity (Wildman–Crippen MR) is 84.8 cm³/mol. The van der Waals surface area contributed by atoms with Crippen molar-refractivity contribution in [1.82, 2.24) is 0 Å². The van der Waals surface area contributed by atoms with E-state index in [1.165, 1.54) is 18.4 Å². The van der Waals surface area contributed by atoms with Gasteiger partial charge in [0, 0.05) is 29.6 Å². The van der Waals surface area contributed by atoms with Crippen molar-refractivity contribution < 1.29 is 31.1 Å². The van der Waals surface area contributed by atoms with Crippen molar-refractivity contribution in [2.45, 2.75) is 45.1 Å². The number of carbonyl (C=O) groups excluding carboxylic acids is 1. The van der Waals surface area contributed by atoms with Crippen LogP contribution >= 0.6 is 0 Å². The third-order valence-corrected chi connectivity index (χ3v) is 4.50. The van der Waals surface area contributed by atoms with E-state index >= 15 is 0 Å². The average Bonchev–Trinajstić information content (AvgIpc) is 2.92. The number of anilines is 1. The van der Waals surface area contributed by atoms with Crippen LogP contribution in [0, 0.1) is 6.92 Å². The van der Waals surface area contributed by atoms with Crippen LogP contribution < -0.4 is 15.3 Å². The number of amides is 1. The molecule has 9 heteroatoms. The molecule has 0 aliphatic carbocycles. The first-order chi connectivity index (χ1) is 11.9. The summed E-state index contributed by atoms with van der Waals surface area (Å²) in [6.07, 6.45) is -6.64. The van der Waals surface area contributed by atoms with Crippen molar-refractivity contribution in [3.05, 3.63) is 21.6 Å². The molecule has 0 bridgehead atoms. The first-order valence-electron chi connectivity index (χ1n) is 7.76. The van der Waals surface area contributed by atoms with Crippen LogP contribution in [0.5, 0.6) is 0 Å². The molecule has 3 nitrogen and oxygen atoms in total. The van der Waals surface area contributed by atoms with Gasteiger partial charge in [0.2, 0.25) is 5.91 Å². The van der Waals surface area contributed by atoms with Crippen LogP contribution in [0.15, 0.2) is 4.99 Å². The van der Waals surface area contributed by atoms with Gasteiger partial charge < -0.3 is 4.90 Å². The molecule has 2 aliphatic heterocycles. The van der Waals surface area contributed by atoms with Crippen molar-refractivity contribution in [2.75, 3.05) is 4.90 Å². The number of hydrogen-bond acceptors (Lipinski definition) is 2. The summed E-state index contributed by atoms with van der Waals surface area (Å²) in [5, 5.41) is 0.492. The lowest BCUT2D eigenvalue weighted by atomic mass is 9.92. The molecular formula is C17H14F6N2O. The number of fused-ring (bicyclic) bond motifs is 3. The fraction of sp³-hybridized carbons (Fsp3) is 0.412. The van der Waals surface area contributed by atoms with Gasteiger partial charge in [0.25, 0.3) is 0 Å². The highest BCUT2D eigenvalue weighted by molar-refractivity contribution is 6.00. The summed E-state index contributed by atoms with van der Waals surface area (Å²) in [5.41, 5.74) is -1.70. The summed E-state index contributed by atoms with van der Waals surface area (Å²) >= 11 is 0. The van der Waals surface area contributed by atoms with Crippen LogP contribution in [-0.2, 0) is 11.0 Å². The van der Waals surface area contributed by atoms with Crippen molar-refractivity contribution in [2.24, 2.45) is 4.99 Å². The number of benzene rings is 1. The molecule has 1 amide bonds. The molecule has 1 unspecified atom stereocenters. The monoisotopic (exact) mass is 376 g/mol. The standard InChI is InChI=1S/C17H14F6N2O/c1-8-13(17(21,22)23)14-11(5-6-24-14)12-4-3-10(7-16(18,19)20)25(9(2)26)15(8)12/h4-6,10H,3,7H2,1-2H3. The second-order valence-electron chi connectivity index (χ2n) is 6.27. The Morgan fingerprint density at radius 2 is 1.88 bits per heavy atom. The summed E-state index contributed by atoms with van der Waals surface area (Å²) in [6, 6.07) is -1.28. The maximum Gasteiger partial charge on any atom is 0.418 e. The normalized spacial score (nSPS) is 18.9. The van der Waals surface area contributed by atoms with Crippen molar-refractivity contribution in [3.63, 3.8) is 0 Å². The van der Waals surface area contributed by atoms with E-state index in [0.29, 0.717) is 5.22 Å². The van der Waals surface area contributed by atoms with Crippen LogP contribution in [0.2, 0.25) is 0 Å². The van der Waals surface area contributed by atoms with E-state index in [1.807, 2.05) is 0 Å². The minimum Gasteiger partial charge on any atom is -0.308 e. The van der Waals surface area contributed by atoms with Gasteiger partial charge in [0.15, 0.2) is 0 Å². The molecular weight excluding hydrogens is 362 g/mol. The summed E-state index contributed by atoms with van der Waals surface area (Å²) in [6.45, 7) is 2.22. The van der Waals surface area contributed by atoms with Gasteiger partial charge in [-0.3, -0.25) is 9.79 Å². The highest BCUT2D eigenvalue weighted by Crippen LogP contribution is 2.41. The van der Waals surface area contributed by atoms with E-state index in [0.717, 1.165) is 18.7 Å². The Hall–Kier alpha value is -2.32. The quantitative estimate of drug-likeness (QED) is 0.692. The zero-order valence-electron chi connectivity index (χ0n) is 13.8. The van der Waals surface area contributed by atoms with Gasteiger partial charge in [-0.05, 0) is 25.0 Å². The Bertz CT molecular complexity index is 927. The van der Waals surface area contributed by atoms with Crippen LogP contribution in [-0.4, -0.2) is 24.3 Å². The Kier molecular flexibility index (Phi) is 4.16. The average molecular weight is 376 g/mol. The molecule has 0 fully saturated rings. The number of nitrogens with zero attached hydrogens (tertiary/aromatic N) is 2. The predicted octanol–water partition coefficient (Wildman–Crippen LogP) is 3.37. The van der Waals surface area contributed by atoms with Gasteiger partial charge in [-0.15, -0.1) is 0 Å². The lowest BCUT2D eigenvalue weighted by molar-refractivity contribution is -0.140. The zero-order chi connectivity index (χ0) is 19.4. The van der Waals surface area contributed by atoms with E-state index in [4.69, 9.17) is 0 Å². The van der Waals surface area contributed by atoms with Crippen LogP contribution in [0.25, 0.3) is 12.2 Å². The largest absolute Gasteiger partial charge is 0.418 e. The number of aliphatic imine (C=N–C) groups is 1. The molecule has 0 aromatic heterocycles. The fourth-order valence-electron chi connectivity index (χ4n) is 3.64. The smallest absolute Gasteiger partial charge is 0.308 e. The molecule has 1 aromatic carbocycles. The van der Waals surface area contributed by atoms with Crippen LogP contribution in [0.4, 0.5) is 37.7 Å². The molecule has 0 saturated carbocycles. The Balaban J connectivity index is 2.33. The van der Waals surface area contributed by atoms with Crippen molar-refractivity contribution >= 4 is 35.6 Å². The van der Waals surface area contributed by atoms with Gasteiger partial charge in [-0.25, -0.2) is 0 Å². The van der Waals surface area contributed by atoms with Gasteiger partial charge in [-0.1, -0.05) is 6.08 Å². The summed E-state index contributed by atoms with van der Waals surface area (Å²) in [7, 11) is 0. The van der Waals surface area contributed by atoms with Gasteiger partial charge in [0.05, 0.1) is 23.4 Å². The van der Waals surface area contributed by atoms with Crippen LogP contribution in [0.1, 0.15) is 30.9 Å². The molecule has 3 rings (SSSR count). The fourth-order valence-corrected chi connectivity index (χ4v) is 3.64. The van der Waals surface area contributed by atoms with Crippen molar-refractivity contribution in [3.8, 4) is 0 Å². The number of hydrogen-bond donors (Lipinski definition) is 0. The third kappa shape index (κ3) is 2.99. The third-order valence-electron chi connectivity index (χ3n) is 4.50. The Morgan fingerprint density at radius 1 is 1.23 bits per heavy atom. The maximum atomic E-state index is 13.6. The Morgan fingerprint density at radius 3 is 2.42 bits per heavy atom. The second kappa shape index (κ2) is 5.85. The number of halogens is 6. The number of alkyl halides is 6. The summed E-state index contributed by atoms with van der Waals surface area (Å²) in [5.74, 6) is -0.733. The van der Waals surface area contributed by atoms with Crippen molar-refractivity contribution in [1.29, 1.82) is 0 Å². The molecule has 26 heavy (non-hydrogen) atoms. The molecule has 1 atom stereocenters. The molecule has 0 N–H and O–H groups in total. The molecule has 0 radical (unpaired) electrons. The van der Waals surface area contributed by atoms with E-state index < -0.39 is 36.3 Å². The van der Waals surface area contributed by atoms with E-state index in [2.05, 4.69) is 4.99 Å². The molecule has 2 aliphatic rings.